The number of nitro benzene ring substituents is 1. The maximum absolute atomic E-state index is 10.9. The van der Waals surface area contributed by atoms with Crippen molar-refractivity contribution in [2.75, 3.05) is 0 Å². The lowest BCUT2D eigenvalue weighted by atomic mass is 9.95. The Balaban J connectivity index is 1.85. The van der Waals surface area contributed by atoms with Crippen LogP contribution in [0.25, 0.3) is 22.4 Å². The number of benzene rings is 2. The molecule has 1 saturated carbocycles. The van der Waals surface area contributed by atoms with Gasteiger partial charge in [0.25, 0.3) is 5.69 Å². The van der Waals surface area contributed by atoms with Crippen LogP contribution in [0.5, 0.6) is 0 Å². The lowest BCUT2D eigenvalue weighted by molar-refractivity contribution is -0.384. The summed E-state index contributed by atoms with van der Waals surface area (Å²) in [6.45, 7) is 0. The third-order valence-electron chi connectivity index (χ3n) is 4.87. The van der Waals surface area contributed by atoms with Crippen LogP contribution in [0.2, 0.25) is 0 Å². The first-order chi connectivity index (χ1) is 11.7. The summed E-state index contributed by atoms with van der Waals surface area (Å²) in [5.41, 5.74) is 3.18. The smallest absolute Gasteiger partial charge is 0.269 e. The lowest BCUT2D eigenvalue weighted by Crippen LogP contribution is -2.13. The fourth-order valence-corrected chi connectivity index (χ4v) is 3.69. The van der Waals surface area contributed by atoms with Crippen molar-refractivity contribution in [3.8, 4) is 11.4 Å². The van der Waals surface area contributed by atoms with Crippen LogP contribution in [0.3, 0.4) is 0 Å². The zero-order valence-corrected chi connectivity index (χ0v) is 13.4. The minimum atomic E-state index is -0.367. The van der Waals surface area contributed by atoms with E-state index in [-0.39, 0.29) is 10.6 Å². The van der Waals surface area contributed by atoms with Gasteiger partial charge in [0.1, 0.15) is 5.82 Å². The van der Waals surface area contributed by atoms with Crippen molar-refractivity contribution < 1.29 is 4.92 Å². The Morgan fingerprint density at radius 2 is 1.71 bits per heavy atom. The second-order valence-electron chi connectivity index (χ2n) is 6.39. The monoisotopic (exact) mass is 321 g/mol. The number of nitrogens with zero attached hydrogens (tertiary/aromatic N) is 3. The summed E-state index contributed by atoms with van der Waals surface area (Å²) in [6, 6.07) is 15.4. The van der Waals surface area contributed by atoms with E-state index in [9.17, 15) is 10.1 Å². The molecule has 5 heteroatoms. The summed E-state index contributed by atoms with van der Waals surface area (Å²) >= 11 is 0. The van der Waals surface area contributed by atoms with Gasteiger partial charge in [0.05, 0.1) is 16.0 Å². The summed E-state index contributed by atoms with van der Waals surface area (Å²) in [4.78, 5) is 15.3. The molecule has 3 aromatic rings. The summed E-state index contributed by atoms with van der Waals surface area (Å²) in [7, 11) is 0. The number of hydrogen-bond acceptors (Lipinski definition) is 3. The summed E-state index contributed by atoms with van der Waals surface area (Å²) in [6.07, 6.45) is 6.13. The molecule has 1 aromatic heterocycles. The molecule has 0 spiro atoms. The molecule has 2 aromatic carbocycles. The summed E-state index contributed by atoms with van der Waals surface area (Å²) < 4.78 is 2.34. The van der Waals surface area contributed by atoms with Crippen LogP contribution in [-0.4, -0.2) is 14.5 Å². The van der Waals surface area contributed by atoms with Crippen LogP contribution in [0.4, 0.5) is 5.69 Å². The molecule has 0 aliphatic heterocycles. The second-order valence-corrected chi connectivity index (χ2v) is 6.39. The Hall–Kier alpha value is -2.69. The van der Waals surface area contributed by atoms with Gasteiger partial charge in [-0.15, -0.1) is 0 Å². The summed E-state index contributed by atoms with van der Waals surface area (Å²) in [5.74, 6) is 0.915. The van der Waals surface area contributed by atoms with Crippen LogP contribution < -0.4 is 0 Å². The number of non-ortho nitro benzene ring substituents is 1. The number of fused-ring (bicyclic) bond motifs is 1. The molecule has 0 atom stereocenters. The lowest BCUT2D eigenvalue weighted by Gasteiger charge is -2.25. The van der Waals surface area contributed by atoms with E-state index < -0.39 is 0 Å². The zero-order valence-electron chi connectivity index (χ0n) is 13.4. The molecule has 1 aliphatic rings. The molecule has 0 saturated heterocycles. The van der Waals surface area contributed by atoms with Crippen LogP contribution >= 0.6 is 0 Å². The number of rotatable bonds is 3. The van der Waals surface area contributed by atoms with Gasteiger partial charge in [-0.05, 0) is 37.1 Å². The van der Waals surface area contributed by atoms with E-state index in [2.05, 4.69) is 10.6 Å². The van der Waals surface area contributed by atoms with Crippen molar-refractivity contribution in [3.63, 3.8) is 0 Å². The van der Waals surface area contributed by atoms with Crippen molar-refractivity contribution in [2.24, 2.45) is 0 Å². The predicted octanol–water partition coefficient (Wildman–Crippen LogP) is 5.12. The molecule has 1 aliphatic carbocycles. The highest BCUT2D eigenvalue weighted by Crippen LogP contribution is 2.36. The van der Waals surface area contributed by atoms with Crippen LogP contribution in [0, 0.1) is 10.1 Å². The van der Waals surface area contributed by atoms with Gasteiger partial charge in [-0.25, -0.2) is 4.98 Å². The highest BCUT2D eigenvalue weighted by Gasteiger charge is 2.22. The first-order valence-electron chi connectivity index (χ1n) is 8.46. The number of nitro groups is 1. The van der Waals surface area contributed by atoms with Crippen LogP contribution in [-0.2, 0) is 0 Å². The van der Waals surface area contributed by atoms with Gasteiger partial charge in [0.15, 0.2) is 0 Å². The van der Waals surface area contributed by atoms with Gasteiger partial charge < -0.3 is 4.57 Å². The Kier molecular flexibility index (Phi) is 3.76. The Morgan fingerprint density at radius 1 is 1.00 bits per heavy atom. The molecule has 24 heavy (non-hydrogen) atoms. The number of aromatic nitrogens is 2. The van der Waals surface area contributed by atoms with Gasteiger partial charge in [-0.3, -0.25) is 10.1 Å². The fourth-order valence-electron chi connectivity index (χ4n) is 3.69. The molecule has 1 fully saturated rings. The van der Waals surface area contributed by atoms with Crippen molar-refractivity contribution in [3.05, 3.63) is 58.6 Å². The van der Waals surface area contributed by atoms with Gasteiger partial charge >= 0.3 is 0 Å². The average molecular weight is 321 g/mol. The van der Waals surface area contributed by atoms with Gasteiger partial charge in [0, 0.05) is 23.7 Å². The first-order valence-corrected chi connectivity index (χ1v) is 8.46. The van der Waals surface area contributed by atoms with Gasteiger partial charge in [-0.2, -0.15) is 0 Å². The first kappa shape index (κ1) is 14.9. The van der Waals surface area contributed by atoms with E-state index in [4.69, 9.17) is 4.98 Å². The third kappa shape index (κ3) is 2.56. The molecule has 5 nitrogen and oxygen atoms in total. The Bertz CT molecular complexity index is 877. The molecule has 0 radical (unpaired) electrons. The van der Waals surface area contributed by atoms with E-state index in [0.29, 0.717) is 6.04 Å². The molecule has 1 heterocycles. The Morgan fingerprint density at radius 3 is 2.42 bits per heavy atom. The van der Waals surface area contributed by atoms with Crippen molar-refractivity contribution in [1.29, 1.82) is 0 Å². The maximum atomic E-state index is 10.9. The predicted molar refractivity (Wildman–Crippen MR) is 93.9 cm³/mol. The quantitative estimate of drug-likeness (QED) is 0.497. The zero-order chi connectivity index (χ0) is 16.5. The number of para-hydroxylation sites is 2. The Labute approximate surface area is 140 Å². The minimum absolute atomic E-state index is 0.110. The van der Waals surface area contributed by atoms with E-state index in [0.717, 1.165) is 22.4 Å². The molecule has 0 unspecified atom stereocenters. The molecule has 122 valence electrons. The standard InChI is InChI=1S/C19H19N3O2/c23-22(24)16-12-10-14(11-13-16)19-20-17-8-4-5-9-18(17)21(19)15-6-2-1-3-7-15/h4-5,8-13,15H,1-3,6-7H2. The van der Waals surface area contributed by atoms with E-state index in [1.165, 1.54) is 32.1 Å². The molecule has 0 amide bonds. The van der Waals surface area contributed by atoms with Gasteiger partial charge in [0.2, 0.25) is 0 Å². The number of hydrogen-bond donors (Lipinski definition) is 0. The van der Waals surface area contributed by atoms with E-state index in [1.807, 2.05) is 18.2 Å². The maximum Gasteiger partial charge on any atom is 0.269 e. The van der Waals surface area contributed by atoms with Crippen LogP contribution in [0.15, 0.2) is 48.5 Å². The van der Waals surface area contributed by atoms with Crippen molar-refractivity contribution >= 4 is 16.7 Å². The average Bonchev–Trinajstić information content (AvgIpc) is 3.02. The second kappa shape index (κ2) is 6.07. The highest BCUT2D eigenvalue weighted by molar-refractivity contribution is 5.81. The SMILES string of the molecule is O=[N+]([O-])c1ccc(-c2nc3ccccc3n2C2CCCCC2)cc1. The van der Waals surface area contributed by atoms with E-state index in [1.54, 1.807) is 24.3 Å². The highest BCUT2D eigenvalue weighted by atomic mass is 16.6. The molecule has 4 rings (SSSR count). The van der Waals surface area contributed by atoms with Crippen molar-refractivity contribution in [2.45, 2.75) is 38.1 Å². The molecule has 0 N–H and O–H groups in total. The molecule has 0 bridgehead atoms. The minimum Gasteiger partial charge on any atom is -0.321 e. The third-order valence-corrected chi connectivity index (χ3v) is 4.87. The number of imidazole rings is 1. The fraction of sp³-hybridized carbons (Fsp3) is 0.316. The normalized spacial score (nSPS) is 15.7. The largest absolute Gasteiger partial charge is 0.321 e. The summed E-state index contributed by atoms with van der Waals surface area (Å²) in [5, 5.41) is 10.9. The topological polar surface area (TPSA) is 61.0 Å². The molecular weight excluding hydrogens is 302 g/mol. The molecular formula is C19H19N3O2. The van der Waals surface area contributed by atoms with Crippen molar-refractivity contribution in [1.82, 2.24) is 9.55 Å². The van der Waals surface area contributed by atoms with Crippen LogP contribution in [0.1, 0.15) is 38.1 Å². The van der Waals surface area contributed by atoms with E-state index >= 15 is 0 Å². The van der Waals surface area contributed by atoms with Gasteiger partial charge in [-0.1, -0.05) is 31.4 Å².